The van der Waals surface area contributed by atoms with Crippen molar-refractivity contribution in [2.24, 2.45) is 0 Å². The molecule has 25 heavy (non-hydrogen) atoms. The number of hydrogen-bond acceptors (Lipinski definition) is 3. The van der Waals surface area contributed by atoms with Gasteiger partial charge in [0, 0.05) is 13.1 Å². The maximum Gasteiger partial charge on any atom is 0.264 e. The second-order valence-electron chi connectivity index (χ2n) is 6.20. The summed E-state index contributed by atoms with van der Waals surface area (Å²) in [7, 11) is 0. The Kier molecular flexibility index (Phi) is 5.48. The lowest BCUT2D eigenvalue weighted by Crippen LogP contribution is -2.40. The summed E-state index contributed by atoms with van der Waals surface area (Å²) in [6, 6.07) is 8.01. The monoisotopic (exact) mass is 360 g/mol. The van der Waals surface area contributed by atoms with Gasteiger partial charge in [0.25, 0.3) is 5.91 Å². The average Bonchev–Trinajstić information content (AvgIpc) is 3.35. The van der Waals surface area contributed by atoms with Crippen LogP contribution in [0.4, 0.5) is 4.39 Å². The van der Waals surface area contributed by atoms with Crippen LogP contribution in [0.1, 0.15) is 46.5 Å². The molecule has 6 heteroatoms. The standard InChI is InChI=1S/C19H21FN2O2S/c1-2-22(19(24)18-16(9-10-25-18)14-5-6-14)12-17(23)21-11-13-3-7-15(20)8-4-13/h3-4,7-10,14H,2,5-6,11-12H2,1H3,(H,21,23). The number of benzene rings is 1. The molecule has 0 aliphatic heterocycles. The van der Waals surface area contributed by atoms with Crippen LogP contribution >= 0.6 is 11.3 Å². The molecule has 1 N–H and O–H groups in total. The summed E-state index contributed by atoms with van der Waals surface area (Å²) in [5.74, 6) is -0.0863. The van der Waals surface area contributed by atoms with Crippen molar-refractivity contribution in [2.45, 2.75) is 32.2 Å². The van der Waals surface area contributed by atoms with Crippen LogP contribution in [0.25, 0.3) is 0 Å². The number of amides is 2. The van der Waals surface area contributed by atoms with Crippen LogP contribution in [-0.2, 0) is 11.3 Å². The molecule has 1 aromatic carbocycles. The SMILES string of the molecule is CCN(CC(=O)NCc1ccc(F)cc1)C(=O)c1sccc1C1CC1. The second-order valence-corrected chi connectivity index (χ2v) is 7.12. The number of rotatable bonds is 7. The molecule has 1 aliphatic rings. The zero-order chi connectivity index (χ0) is 17.8. The molecular weight excluding hydrogens is 339 g/mol. The molecule has 0 unspecified atom stereocenters. The fraction of sp³-hybridized carbons (Fsp3) is 0.368. The third kappa shape index (κ3) is 4.45. The van der Waals surface area contributed by atoms with Gasteiger partial charge in [0.2, 0.25) is 5.91 Å². The number of halogens is 1. The highest BCUT2D eigenvalue weighted by molar-refractivity contribution is 7.12. The summed E-state index contributed by atoms with van der Waals surface area (Å²) < 4.78 is 12.9. The highest BCUT2D eigenvalue weighted by atomic mass is 32.1. The first-order chi connectivity index (χ1) is 12.1. The average molecular weight is 360 g/mol. The fourth-order valence-electron chi connectivity index (χ4n) is 2.71. The van der Waals surface area contributed by atoms with E-state index in [9.17, 15) is 14.0 Å². The summed E-state index contributed by atoms with van der Waals surface area (Å²) in [5.41, 5.74) is 1.94. The van der Waals surface area contributed by atoms with Crippen molar-refractivity contribution in [1.82, 2.24) is 10.2 Å². The Hall–Kier alpha value is -2.21. The second kappa shape index (κ2) is 7.78. The van der Waals surface area contributed by atoms with E-state index in [0.29, 0.717) is 19.0 Å². The van der Waals surface area contributed by atoms with Crippen molar-refractivity contribution < 1.29 is 14.0 Å². The van der Waals surface area contributed by atoms with Crippen LogP contribution in [0.2, 0.25) is 0 Å². The van der Waals surface area contributed by atoms with Crippen LogP contribution in [0.5, 0.6) is 0 Å². The van der Waals surface area contributed by atoms with E-state index >= 15 is 0 Å². The number of carbonyl (C=O) groups is 2. The van der Waals surface area contributed by atoms with E-state index in [0.717, 1.165) is 28.8 Å². The zero-order valence-corrected chi connectivity index (χ0v) is 14.9. The third-order valence-electron chi connectivity index (χ3n) is 4.31. The van der Waals surface area contributed by atoms with Gasteiger partial charge in [-0.15, -0.1) is 11.3 Å². The highest BCUT2D eigenvalue weighted by Crippen LogP contribution is 2.43. The molecule has 0 spiro atoms. The number of carbonyl (C=O) groups excluding carboxylic acids is 2. The van der Waals surface area contributed by atoms with Gasteiger partial charge in [-0.2, -0.15) is 0 Å². The van der Waals surface area contributed by atoms with Crippen LogP contribution < -0.4 is 5.32 Å². The molecule has 0 atom stereocenters. The normalized spacial score (nSPS) is 13.5. The lowest BCUT2D eigenvalue weighted by atomic mass is 10.1. The smallest absolute Gasteiger partial charge is 0.264 e. The van der Waals surface area contributed by atoms with Crippen molar-refractivity contribution in [2.75, 3.05) is 13.1 Å². The molecule has 2 aromatic rings. The quantitative estimate of drug-likeness (QED) is 0.821. The molecule has 1 fully saturated rings. The molecular formula is C19H21FN2O2S. The molecule has 2 amide bonds. The van der Waals surface area contributed by atoms with E-state index in [1.54, 1.807) is 17.0 Å². The maximum atomic E-state index is 12.9. The third-order valence-corrected chi connectivity index (χ3v) is 5.23. The lowest BCUT2D eigenvalue weighted by molar-refractivity contribution is -0.121. The van der Waals surface area contributed by atoms with Gasteiger partial charge in [0.05, 0.1) is 11.4 Å². The molecule has 1 heterocycles. The molecule has 1 aromatic heterocycles. The molecule has 1 saturated carbocycles. The van der Waals surface area contributed by atoms with E-state index < -0.39 is 0 Å². The van der Waals surface area contributed by atoms with Crippen molar-refractivity contribution in [3.05, 3.63) is 57.5 Å². The van der Waals surface area contributed by atoms with E-state index in [1.807, 2.05) is 18.4 Å². The number of nitrogens with zero attached hydrogens (tertiary/aromatic N) is 1. The van der Waals surface area contributed by atoms with Crippen molar-refractivity contribution >= 4 is 23.2 Å². The number of nitrogens with one attached hydrogen (secondary N) is 1. The molecule has 3 rings (SSSR count). The van der Waals surface area contributed by atoms with Crippen molar-refractivity contribution in [3.8, 4) is 0 Å². The van der Waals surface area contributed by atoms with Crippen molar-refractivity contribution in [1.29, 1.82) is 0 Å². The number of hydrogen-bond donors (Lipinski definition) is 1. The summed E-state index contributed by atoms with van der Waals surface area (Å²) >= 11 is 1.45. The lowest BCUT2D eigenvalue weighted by Gasteiger charge is -2.20. The van der Waals surface area contributed by atoms with Gasteiger partial charge in [0.15, 0.2) is 0 Å². The largest absolute Gasteiger partial charge is 0.350 e. The molecule has 0 radical (unpaired) electrons. The van der Waals surface area contributed by atoms with Crippen LogP contribution in [0, 0.1) is 5.82 Å². The summed E-state index contributed by atoms with van der Waals surface area (Å²) in [5, 5.41) is 4.73. The Morgan fingerprint density at radius 2 is 1.96 bits per heavy atom. The van der Waals surface area contributed by atoms with Crippen LogP contribution in [0.3, 0.4) is 0 Å². The van der Waals surface area contributed by atoms with Gasteiger partial charge < -0.3 is 10.2 Å². The summed E-state index contributed by atoms with van der Waals surface area (Å²) in [4.78, 5) is 27.3. The molecule has 0 bridgehead atoms. The van der Waals surface area contributed by atoms with Gasteiger partial charge >= 0.3 is 0 Å². The first-order valence-electron chi connectivity index (χ1n) is 8.46. The Labute approximate surface area is 150 Å². The van der Waals surface area contributed by atoms with E-state index in [2.05, 4.69) is 5.32 Å². The van der Waals surface area contributed by atoms with Crippen LogP contribution in [0.15, 0.2) is 35.7 Å². The van der Waals surface area contributed by atoms with E-state index in [-0.39, 0.29) is 24.2 Å². The van der Waals surface area contributed by atoms with Gasteiger partial charge in [-0.25, -0.2) is 4.39 Å². The zero-order valence-electron chi connectivity index (χ0n) is 14.1. The molecule has 132 valence electrons. The first-order valence-corrected chi connectivity index (χ1v) is 9.34. The van der Waals surface area contributed by atoms with Gasteiger partial charge in [0.1, 0.15) is 5.82 Å². The Bertz CT molecular complexity index is 753. The molecule has 1 aliphatic carbocycles. The van der Waals surface area contributed by atoms with E-state index in [4.69, 9.17) is 0 Å². The van der Waals surface area contributed by atoms with Gasteiger partial charge in [-0.3, -0.25) is 9.59 Å². The van der Waals surface area contributed by atoms with Gasteiger partial charge in [-0.1, -0.05) is 12.1 Å². The van der Waals surface area contributed by atoms with E-state index in [1.165, 1.54) is 23.5 Å². The first kappa shape index (κ1) is 17.6. The topological polar surface area (TPSA) is 49.4 Å². The molecule has 4 nitrogen and oxygen atoms in total. The number of likely N-dealkylation sites (N-methyl/N-ethyl adjacent to an activating group) is 1. The predicted octanol–water partition coefficient (Wildman–Crippen LogP) is 3.54. The van der Waals surface area contributed by atoms with Gasteiger partial charge in [-0.05, 0) is 60.4 Å². The minimum absolute atomic E-state index is 0.0263. The Morgan fingerprint density at radius 3 is 2.60 bits per heavy atom. The maximum absolute atomic E-state index is 12.9. The molecule has 0 saturated heterocycles. The number of thiophene rings is 1. The van der Waals surface area contributed by atoms with Crippen molar-refractivity contribution in [3.63, 3.8) is 0 Å². The predicted molar refractivity (Wildman–Crippen MR) is 96.1 cm³/mol. The Balaban J connectivity index is 1.57. The summed E-state index contributed by atoms with van der Waals surface area (Å²) in [6.07, 6.45) is 2.28. The fourth-order valence-corrected chi connectivity index (χ4v) is 3.66. The summed E-state index contributed by atoms with van der Waals surface area (Å²) in [6.45, 7) is 2.69. The highest BCUT2D eigenvalue weighted by Gasteiger charge is 2.30. The minimum atomic E-state index is -0.305. The van der Waals surface area contributed by atoms with Crippen LogP contribution in [-0.4, -0.2) is 29.8 Å². The Morgan fingerprint density at radius 1 is 1.24 bits per heavy atom. The minimum Gasteiger partial charge on any atom is -0.350 e.